The number of carbonyl (C=O) groups is 1. The van der Waals surface area contributed by atoms with Crippen molar-refractivity contribution in [3.05, 3.63) is 44.9 Å². The average Bonchev–Trinajstić information content (AvgIpc) is 2.73. The van der Waals surface area contributed by atoms with Crippen LogP contribution in [0, 0.1) is 6.92 Å². The summed E-state index contributed by atoms with van der Waals surface area (Å²) in [6, 6.07) is 5.05. The summed E-state index contributed by atoms with van der Waals surface area (Å²) in [5, 5.41) is 1.53. The lowest BCUT2D eigenvalue weighted by Crippen LogP contribution is -2.00. The van der Waals surface area contributed by atoms with E-state index in [4.69, 9.17) is 16.3 Å². The second kappa shape index (κ2) is 5.50. The lowest BCUT2D eigenvalue weighted by atomic mass is 10.1. The molecule has 0 spiro atoms. The maximum atomic E-state index is 11.5. The summed E-state index contributed by atoms with van der Waals surface area (Å²) in [7, 11) is 0. The van der Waals surface area contributed by atoms with Crippen LogP contribution in [0.4, 0.5) is 0 Å². The normalized spacial score (nSPS) is 10.4. The van der Waals surface area contributed by atoms with Gasteiger partial charge in [0.05, 0.1) is 15.4 Å². The van der Waals surface area contributed by atoms with Gasteiger partial charge in [0.15, 0.2) is 5.78 Å². The zero-order chi connectivity index (χ0) is 13.1. The molecule has 5 heteroatoms. The van der Waals surface area contributed by atoms with Crippen LogP contribution >= 0.6 is 22.9 Å². The van der Waals surface area contributed by atoms with E-state index >= 15 is 0 Å². The number of rotatable bonds is 4. The minimum absolute atomic E-state index is 0.0621. The van der Waals surface area contributed by atoms with Crippen LogP contribution in [0.25, 0.3) is 0 Å². The van der Waals surface area contributed by atoms with Gasteiger partial charge in [-0.1, -0.05) is 11.6 Å². The predicted octanol–water partition coefficient (Wildman–Crippen LogP) is 3.89. The number of thiazole rings is 1. The van der Waals surface area contributed by atoms with Gasteiger partial charge in [-0.3, -0.25) is 4.79 Å². The summed E-state index contributed by atoms with van der Waals surface area (Å²) in [6.45, 7) is 3.85. The summed E-state index contributed by atoms with van der Waals surface area (Å²) in [5.74, 6) is 0.492. The molecule has 0 aliphatic carbocycles. The Labute approximate surface area is 114 Å². The van der Waals surface area contributed by atoms with Gasteiger partial charge in [-0.05, 0) is 32.0 Å². The molecule has 0 aliphatic rings. The summed E-state index contributed by atoms with van der Waals surface area (Å²) in [5.41, 5.74) is 0.503. The first-order chi connectivity index (χ1) is 8.56. The minimum atomic E-state index is -0.0621. The molecule has 94 valence electrons. The first kappa shape index (κ1) is 13.1. The van der Waals surface area contributed by atoms with Crippen molar-refractivity contribution in [2.24, 2.45) is 0 Å². The summed E-state index contributed by atoms with van der Waals surface area (Å²) in [6.07, 6.45) is 1.78. The van der Waals surface area contributed by atoms with Crippen molar-refractivity contribution in [1.29, 1.82) is 0 Å². The lowest BCUT2D eigenvalue weighted by Gasteiger charge is -2.08. The molecule has 0 atom stereocenters. The number of hydrogen-bond acceptors (Lipinski definition) is 4. The summed E-state index contributed by atoms with van der Waals surface area (Å²) < 4.78 is 5.64. The molecule has 0 aliphatic heterocycles. The molecule has 0 radical (unpaired) electrons. The van der Waals surface area contributed by atoms with Crippen LogP contribution in [0.2, 0.25) is 5.02 Å². The van der Waals surface area contributed by atoms with Crippen LogP contribution in [0.1, 0.15) is 27.2 Å². The molecule has 0 bridgehead atoms. The number of ether oxygens (including phenoxy) is 1. The highest BCUT2D eigenvalue weighted by Crippen LogP contribution is 2.25. The first-order valence-corrected chi connectivity index (χ1v) is 6.60. The Morgan fingerprint density at radius 3 is 2.89 bits per heavy atom. The fraction of sp³-hybridized carbons (Fsp3) is 0.231. The molecular weight excluding hydrogens is 270 g/mol. The SMILES string of the molecule is CC(=O)c1cc(Cl)ccc1OCc1cnc(C)s1. The molecule has 0 fully saturated rings. The molecule has 0 amide bonds. The van der Waals surface area contributed by atoms with Crippen LogP contribution in [-0.4, -0.2) is 10.8 Å². The number of halogens is 1. The van der Waals surface area contributed by atoms with Crippen LogP contribution in [0.5, 0.6) is 5.75 Å². The fourth-order valence-corrected chi connectivity index (χ4v) is 2.40. The van der Waals surface area contributed by atoms with Gasteiger partial charge < -0.3 is 4.74 Å². The molecule has 0 saturated carbocycles. The highest BCUT2D eigenvalue weighted by Gasteiger charge is 2.10. The number of Topliss-reactive ketones (excluding diaryl/α,β-unsaturated/α-hetero) is 1. The van der Waals surface area contributed by atoms with Gasteiger partial charge in [0.1, 0.15) is 12.4 Å². The zero-order valence-corrected chi connectivity index (χ0v) is 11.6. The minimum Gasteiger partial charge on any atom is -0.487 e. The van der Waals surface area contributed by atoms with Gasteiger partial charge in [-0.2, -0.15) is 0 Å². The summed E-state index contributed by atoms with van der Waals surface area (Å²) >= 11 is 7.44. The molecule has 3 nitrogen and oxygen atoms in total. The maximum absolute atomic E-state index is 11.5. The molecule has 0 saturated heterocycles. The quantitative estimate of drug-likeness (QED) is 0.798. The number of ketones is 1. The van der Waals surface area contributed by atoms with Crippen LogP contribution in [0.15, 0.2) is 24.4 Å². The topological polar surface area (TPSA) is 39.2 Å². The maximum Gasteiger partial charge on any atom is 0.163 e. The molecule has 0 unspecified atom stereocenters. The Morgan fingerprint density at radius 2 is 2.28 bits per heavy atom. The van der Waals surface area contributed by atoms with E-state index in [2.05, 4.69) is 4.98 Å². The van der Waals surface area contributed by atoms with E-state index in [1.165, 1.54) is 6.92 Å². The Bertz CT molecular complexity index is 580. The molecule has 2 aromatic rings. The number of carbonyl (C=O) groups excluding carboxylic acids is 1. The van der Waals surface area contributed by atoms with E-state index in [-0.39, 0.29) is 5.78 Å². The lowest BCUT2D eigenvalue weighted by molar-refractivity contribution is 0.101. The molecular formula is C13H12ClNO2S. The van der Waals surface area contributed by atoms with E-state index in [0.29, 0.717) is 22.9 Å². The van der Waals surface area contributed by atoms with Gasteiger partial charge in [0.2, 0.25) is 0 Å². The number of benzene rings is 1. The molecule has 1 heterocycles. The Morgan fingerprint density at radius 1 is 1.50 bits per heavy atom. The highest BCUT2D eigenvalue weighted by atomic mass is 35.5. The van der Waals surface area contributed by atoms with Gasteiger partial charge in [0.25, 0.3) is 0 Å². The van der Waals surface area contributed by atoms with Gasteiger partial charge in [0, 0.05) is 11.2 Å². The van der Waals surface area contributed by atoms with E-state index in [1.807, 2.05) is 6.92 Å². The third-order valence-electron chi connectivity index (χ3n) is 2.36. The van der Waals surface area contributed by atoms with Gasteiger partial charge >= 0.3 is 0 Å². The molecule has 0 N–H and O–H groups in total. The largest absolute Gasteiger partial charge is 0.487 e. The van der Waals surface area contributed by atoms with Gasteiger partial charge in [-0.15, -0.1) is 11.3 Å². The van der Waals surface area contributed by atoms with E-state index < -0.39 is 0 Å². The van der Waals surface area contributed by atoms with Crippen molar-refractivity contribution in [2.75, 3.05) is 0 Å². The average molecular weight is 282 g/mol. The predicted molar refractivity (Wildman–Crippen MR) is 72.6 cm³/mol. The standard InChI is InChI=1S/C13H12ClNO2S/c1-8(16)12-5-10(14)3-4-13(12)17-7-11-6-15-9(2)18-11/h3-6H,7H2,1-2H3. The molecule has 1 aromatic heterocycles. The summed E-state index contributed by atoms with van der Waals surface area (Å²) in [4.78, 5) is 16.7. The van der Waals surface area contributed by atoms with Crippen molar-refractivity contribution < 1.29 is 9.53 Å². The number of aromatic nitrogens is 1. The van der Waals surface area contributed by atoms with E-state index in [1.54, 1.807) is 35.7 Å². The molecule has 18 heavy (non-hydrogen) atoms. The number of aryl methyl sites for hydroxylation is 1. The zero-order valence-electron chi connectivity index (χ0n) is 10.1. The van der Waals surface area contributed by atoms with Gasteiger partial charge in [-0.25, -0.2) is 4.98 Å². The van der Waals surface area contributed by atoms with Crippen LogP contribution < -0.4 is 4.74 Å². The third kappa shape index (κ3) is 3.09. The Kier molecular flexibility index (Phi) is 3.99. The number of hydrogen-bond donors (Lipinski definition) is 0. The second-order valence-corrected chi connectivity index (χ2v) is 5.59. The first-order valence-electron chi connectivity index (χ1n) is 5.41. The Hall–Kier alpha value is -1.39. The van der Waals surface area contributed by atoms with Crippen molar-refractivity contribution in [3.63, 3.8) is 0 Å². The van der Waals surface area contributed by atoms with Crippen LogP contribution in [-0.2, 0) is 6.61 Å². The van der Waals surface area contributed by atoms with Crippen LogP contribution in [0.3, 0.4) is 0 Å². The fourth-order valence-electron chi connectivity index (χ4n) is 1.52. The van der Waals surface area contributed by atoms with Crippen molar-refractivity contribution >= 4 is 28.7 Å². The molecule has 2 rings (SSSR count). The molecule has 1 aromatic carbocycles. The smallest absolute Gasteiger partial charge is 0.163 e. The van der Waals surface area contributed by atoms with E-state index in [0.717, 1.165) is 9.88 Å². The monoisotopic (exact) mass is 281 g/mol. The van der Waals surface area contributed by atoms with Crippen molar-refractivity contribution in [3.8, 4) is 5.75 Å². The number of nitrogens with zero attached hydrogens (tertiary/aromatic N) is 1. The highest BCUT2D eigenvalue weighted by molar-refractivity contribution is 7.11. The van der Waals surface area contributed by atoms with Crippen molar-refractivity contribution in [2.45, 2.75) is 20.5 Å². The Balaban J connectivity index is 2.16. The second-order valence-electron chi connectivity index (χ2n) is 3.83. The van der Waals surface area contributed by atoms with E-state index in [9.17, 15) is 4.79 Å². The van der Waals surface area contributed by atoms with Crippen molar-refractivity contribution in [1.82, 2.24) is 4.98 Å². The third-order valence-corrected chi connectivity index (χ3v) is 3.48.